The summed E-state index contributed by atoms with van der Waals surface area (Å²) in [5.74, 6) is -0.437. The predicted molar refractivity (Wildman–Crippen MR) is 246 cm³/mol. The summed E-state index contributed by atoms with van der Waals surface area (Å²) in [4.78, 5) is 0. The van der Waals surface area contributed by atoms with E-state index in [0.29, 0.717) is 37.7 Å². The van der Waals surface area contributed by atoms with Gasteiger partial charge in [-0.25, -0.2) is 8.37 Å². The molecule has 0 saturated heterocycles. The van der Waals surface area contributed by atoms with Crippen LogP contribution in [0.4, 0.5) is 0 Å². The van der Waals surface area contributed by atoms with Crippen molar-refractivity contribution < 1.29 is 66.8 Å². The van der Waals surface area contributed by atoms with Gasteiger partial charge < -0.3 is 19.5 Å². The Morgan fingerprint density at radius 2 is 0.935 bits per heavy atom. The normalized spacial score (nSPS) is 14.9. The zero-order valence-corrected chi connectivity index (χ0v) is 39.2. The molecule has 6 N–H and O–H groups in total. The van der Waals surface area contributed by atoms with Gasteiger partial charge in [0, 0.05) is 22.6 Å². The Hall–Kier alpha value is -3.05. The van der Waals surface area contributed by atoms with E-state index in [1.54, 1.807) is 48.6 Å². The maximum Gasteiger partial charge on any atom is 0.446 e. The predicted octanol–water partition coefficient (Wildman–Crippen LogP) is 9.99. The van der Waals surface area contributed by atoms with Crippen molar-refractivity contribution in [1.29, 1.82) is 0 Å². The first-order chi connectivity index (χ1) is 29.2. The van der Waals surface area contributed by atoms with Crippen molar-refractivity contribution >= 4 is 52.8 Å². The first-order valence-corrected chi connectivity index (χ1v) is 26.8. The monoisotopic (exact) mass is 966 g/mol. The average molecular weight is 967 g/mol. The molecule has 0 aliphatic heterocycles. The molecule has 0 amide bonds. The molecule has 15 nitrogen and oxygen atoms in total. The number of benzene rings is 2. The number of allylic oxidation sites excluding steroid dienone is 6. The summed E-state index contributed by atoms with van der Waals surface area (Å²) in [6.45, 7) is 3.68. The quantitative estimate of drug-likeness (QED) is 0.0168. The number of unbranched alkanes of at least 4 members (excludes halogenated alkanes) is 6. The fourth-order valence-electron chi connectivity index (χ4n) is 6.56. The van der Waals surface area contributed by atoms with Gasteiger partial charge in [-0.05, 0) is 113 Å². The third kappa shape index (κ3) is 28.6. The summed E-state index contributed by atoms with van der Waals surface area (Å²) in [6, 6.07) is 8.48. The van der Waals surface area contributed by atoms with E-state index in [0.717, 1.165) is 56.6 Å². The topological polar surface area (TPSA) is 251 Å². The Kier molecular flexibility index (Phi) is 26.1. The minimum Gasteiger partial charge on any atom is -0.508 e. The fraction of sp³-hybridized carbons (Fsp3) is 0.524. The lowest BCUT2D eigenvalue weighted by atomic mass is 10.0. The SMILES string of the molecule is CC=CC=CCC(CC(CCCCCCc1cc(O)cc(O)c1)SSC(CCCCCCc1cc(O)cc(OS(=O)(=O)O)c1)CC(CC=CC=CC)OS(=O)(=O)O)OS(=O)(=O)O. The molecule has 2 aromatic rings. The van der Waals surface area contributed by atoms with Crippen molar-refractivity contribution in [2.45, 2.75) is 139 Å². The smallest absolute Gasteiger partial charge is 0.446 e. The van der Waals surface area contributed by atoms with Crippen molar-refractivity contribution in [2.24, 2.45) is 0 Å². The molecule has 0 aromatic heterocycles. The molecule has 0 fully saturated rings. The summed E-state index contributed by atoms with van der Waals surface area (Å²) in [5.41, 5.74) is 1.43. The third-order valence-electron chi connectivity index (χ3n) is 9.17. The van der Waals surface area contributed by atoms with Crippen molar-refractivity contribution in [1.82, 2.24) is 0 Å². The number of phenols is 3. The van der Waals surface area contributed by atoms with Crippen LogP contribution in [0.2, 0.25) is 0 Å². The Balaban J connectivity index is 2.22. The van der Waals surface area contributed by atoms with E-state index in [-0.39, 0.29) is 59.2 Å². The van der Waals surface area contributed by atoms with Gasteiger partial charge in [0.05, 0.1) is 12.2 Å². The maximum absolute atomic E-state index is 11.9. The summed E-state index contributed by atoms with van der Waals surface area (Å²) >= 11 is 0. The van der Waals surface area contributed by atoms with Crippen LogP contribution >= 0.6 is 21.6 Å². The van der Waals surface area contributed by atoms with Gasteiger partial charge in [0.15, 0.2) is 0 Å². The van der Waals surface area contributed by atoms with Gasteiger partial charge in [-0.3, -0.25) is 13.7 Å². The zero-order chi connectivity index (χ0) is 46.0. The van der Waals surface area contributed by atoms with Crippen molar-refractivity contribution in [3.05, 3.63) is 96.1 Å². The molecule has 20 heteroatoms. The average Bonchev–Trinajstić information content (AvgIpc) is 3.13. The molecule has 0 bridgehead atoms. The van der Waals surface area contributed by atoms with Gasteiger partial charge in [0.25, 0.3) is 0 Å². The van der Waals surface area contributed by atoms with E-state index >= 15 is 0 Å². The Morgan fingerprint density at radius 3 is 1.34 bits per heavy atom. The van der Waals surface area contributed by atoms with Crippen LogP contribution in [0.25, 0.3) is 0 Å². The van der Waals surface area contributed by atoms with Gasteiger partial charge >= 0.3 is 31.2 Å². The second kappa shape index (κ2) is 29.4. The second-order valence-electron chi connectivity index (χ2n) is 14.7. The number of aromatic hydroxyl groups is 3. The number of hydrogen-bond acceptors (Lipinski definition) is 14. The van der Waals surface area contributed by atoms with E-state index in [1.165, 1.54) is 39.8 Å². The molecule has 0 spiro atoms. The third-order valence-corrected chi connectivity index (χ3v) is 14.1. The molecule has 0 heterocycles. The van der Waals surface area contributed by atoms with Gasteiger partial charge in [-0.15, -0.1) is 0 Å². The van der Waals surface area contributed by atoms with Crippen LogP contribution in [0.5, 0.6) is 23.0 Å². The van der Waals surface area contributed by atoms with E-state index < -0.39 is 43.4 Å². The van der Waals surface area contributed by atoms with E-state index in [4.69, 9.17) is 12.9 Å². The van der Waals surface area contributed by atoms with Gasteiger partial charge in [-0.2, -0.15) is 25.3 Å². The lowest BCUT2D eigenvalue weighted by molar-refractivity contribution is 0.172. The van der Waals surface area contributed by atoms with Gasteiger partial charge in [0.2, 0.25) is 0 Å². The molecule has 0 aliphatic carbocycles. The molecule has 0 radical (unpaired) electrons. The van der Waals surface area contributed by atoms with Gasteiger partial charge in [0.1, 0.15) is 23.0 Å². The minimum atomic E-state index is -4.78. The largest absolute Gasteiger partial charge is 0.508 e. The first kappa shape index (κ1) is 55.1. The lowest BCUT2D eigenvalue weighted by Crippen LogP contribution is -2.23. The summed E-state index contributed by atoms with van der Waals surface area (Å²) in [6.07, 6.45) is 22.2. The molecular weight excluding hydrogens is 905 g/mol. The van der Waals surface area contributed by atoms with Crippen LogP contribution in [0.1, 0.15) is 115 Å². The molecule has 4 atom stereocenters. The highest BCUT2D eigenvalue weighted by Gasteiger charge is 2.26. The number of hydrogen-bond donors (Lipinski definition) is 6. The van der Waals surface area contributed by atoms with Crippen molar-refractivity contribution in [3.63, 3.8) is 0 Å². The van der Waals surface area contributed by atoms with Crippen LogP contribution in [-0.2, 0) is 52.4 Å². The summed E-state index contributed by atoms with van der Waals surface area (Å²) < 4.78 is 113. The zero-order valence-electron chi connectivity index (χ0n) is 35.1. The first-order valence-electron chi connectivity index (χ1n) is 20.4. The Bertz CT molecular complexity index is 2050. The highest BCUT2D eigenvalue weighted by atomic mass is 33.1. The van der Waals surface area contributed by atoms with E-state index in [2.05, 4.69) is 4.18 Å². The molecule has 2 aromatic carbocycles. The van der Waals surface area contributed by atoms with Crippen molar-refractivity contribution in [2.75, 3.05) is 0 Å². The molecular formula is C42H62O15S5. The molecule has 0 saturated carbocycles. The summed E-state index contributed by atoms with van der Waals surface area (Å²) in [5, 5.41) is 29.3. The van der Waals surface area contributed by atoms with Crippen molar-refractivity contribution in [3.8, 4) is 23.0 Å². The molecule has 350 valence electrons. The fourth-order valence-corrected chi connectivity index (χ4v) is 11.3. The van der Waals surface area contributed by atoms with Crippen LogP contribution in [0.3, 0.4) is 0 Å². The Morgan fingerprint density at radius 1 is 0.532 bits per heavy atom. The lowest BCUT2D eigenvalue weighted by Gasteiger charge is -2.25. The number of aryl methyl sites for hydroxylation is 2. The number of phenolic OH excluding ortho intramolecular Hbond substituents is 3. The highest BCUT2D eigenvalue weighted by molar-refractivity contribution is 8.77. The van der Waals surface area contributed by atoms with E-state index in [9.17, 15) is 49.7 Å². The van der Waals surface area contributed by atoms with Crippen LogP contribution < -0.4 is 4.18 Å². The molecule has 2 rings (SSSR count). The van der Waals surface area contributed by atoms with Crippen LogP contribution in [0.15, 0.2) is 85.0 Å². The Labute approximate surface area is 376 Å². The standard InChI is InChI=1S/C42H62O15S5/c1-3-5-7-15-21-38(55-60(46,47)48)31-41(23-17-11-9-13-19-33-25-35(43)29-36(44)26-33)58-59-42(32-39(56-61(49,50)51)22-16-8-6-4-2)24-18-12-10-14-20-34-27-37(45)30-40(28-34)57-62(52,53)54/h3-8,15-16,25-30,38-39,41-45H,9-14,17-24,31-32H2,1-2H3,(H,46,47,48)(H,49,50,51)(H,52,53,54). The summed E-state index contributed by atoms with van der Waals surface area (Å²) in [7, 11) is -11.3. The molecule has 62 heavy (non-hydrogen) atoms. The molecule has 4 unspecified atom stereocenters. The van der Waals surface area contributed by atoms with E-state index in [1.807, 2.05) is 26.0 Å². The highest BCUT2D eigenvalue weighted by Crippen LogP contribution is 2.41. The molecule has 0 aliphatic rings. The number of rotatable bonds is 33. The maximum atomic E-state index is 11.9. The van der Waals surface area contributed by atoms with Crippen LogP contribution in [-0.4, -0.2) is 76.9 Å². The second-order valence-corrected chi connectivity index (χ2v) is 20.7. The minimum absolute atomic E-state index is 0.00341. The van der Waals surface area contributed by atoms with Crippen LogP contribution in [0, 0.1) is 0 Å². The van der Waals surface area contributed by atoms with Gasteiger partial charge in [-0.1, -0.05) is 109 Å².